The van der Waals surface area contributed by atoms with Crippen LogP contribution in [-0.4, -0.2) is 16.7 Å². The van der Waals surface area contributed by atoms with Crippen molar-refractivity contribution < 1.29 is 8.78 Å². The molecule has 0 radical (unpaired) electrons. The van der Waals surface area contributed by atoms with E-state index in [2.05, 4.69) is 15.5 Å². The summed E-state index contributed by atoms with van der Waals surface area (Å²) in [5.74, 6) is -0.531. The fraction of sp³-hybridized carbons (Fsp3) is 0.250. The van der Waals surface area contributed by atoms with Gasteiger partial charge in [0, 0.05) is 24.2 Å². The Bertz CT molecular complexity index is 508. The number of H-pyrrole nitrogens is 1. The summed E-state index contributed by atoms with van der Waals surface area (Å²) in [4.78, 5) is 0. The van der Waals surface area contributed by atoms with Crippen LogP contribution >= 0.6 is 0 Å². The third-order valence-electron chi connectivity index (χ3n) is 2.36. The predicted octanol–water partition coefficient (Wildman–Crippen LogP) is 3.18. The van der Waals surface area contributed by atoms with E-state index < -0.39 is 11.6 Å². The molecule has 0 saturated heterocycles. The Morgan fingerprint density at radius 2 is 2.12 bits per heavy atom. The average Bonchev–Trinajstić information content (AvgIpc) is 2.75. The molecule has 0 atom stereocenters. The summed E-state index contributed by atoms with van der Waals surface area (Å²) in [6, 6.07) is 5.17. The van der Waals surface area contributed by atoms with Gasteiger partial charge in [-0.1, -0.05) is 6.92 Å². The molecule has 17 heavy (non-hydrogen) atoms. The Morgan fingerprint density at radius 3 is 2.82 bits per heavy atom. The highest BCUT2D eigenvalue weighted by atomic mass is 19.1. The lowest BCUT2D eigenvalue weighted by atomic mass is 10.1. The van der Waals surface area contributed by atoms with E-state index in [0.717, 1.165) is 19.0 Å². The van der Waals surface area contributed by atoms with Crippen LogP contribution in [0.1, 0.15) is 13.3 Å². The minimum Gasteiger partial charge on any atom is -0.369 e. The van der Waals surface area contributed by atoms with Gasteiger partial charge in [-0.05, 0) is 18.6 Å². The number of nitrogens with zero attached hydrogens (tertiary/aromatic N) is 1. The van der Waals surface area contributed by atoms with Crippen LogP contribution in [0.25, 0.3) is 11.3 Å². The molecule has 0 unspecified atom stereocenters. The van der Waals surface area contributed by atoms with Gasteiger partial charge in [-0.3, -0.25) is 5.10 Å². The standard InChI is InChI=1S/C12H13F2N3/c1-2-5-15-12-7-11(16-17-12)9-4-3-8(13)6-10(9)14/h3-4,6-7H,2,5H2,1H3,(H2,15,16,17). The molecule has 2 rings (SSSR count). The number of halogens is 2. The van der Waals surface area contributed by atoms with Crippen molar-refractivity contribution in [2.24, 2.45) is 0 Å². The van der Waals surface area contributed by atoms with Crippen molar-refractivity contribution in [1.29, 1.82) is 0 Å². The zero-order valence-electron chi connectivity index (χ0n) is 9.43. The molecule has 0 spiro atoms. The van der Waals surface area contributed by atoms with E-state index in [1.165, 1.54) is 12.1 Å². The van der Waals surface area contributed by atoms with E-state index in [1.54, 1.807) is 6.07 Å². The van der Waals surface area contributed by atoms with Crippen LogP contribution in [0.4, 0.5) is 14.6 Å². The number of aromatic nitrogens is 2. The van der Waals surface area contributed by atoms with E-state index in [0.29, 0.717) is 17.1 Å². The summed E-state index contributed by atoms with van der Waals surface area (Å²) in [5, 5.41) is 9.79. The second-order valence-corrected chi connectivity index (χ2v) is 3.72. The molecular formula is C12H13F2N3. The maximum absolute atomic E-state index is 13.5. The smallest absolute Gasteiger partial charge is 0.148 e. The lowest BCUT2D eigenvalue weighted by molar-refractivity contribution is 0.585. The van der Waals surface area contributed by atoms with Crippen LogP contribution in [0.3, 0.4) is 0 Å². The molecule has 0 saturated carbocycles. The fourth-order valence-corrected chi connectivity index (χ4v) is 1.51. The number of hydrogen-bond acceptors (Lipinski definition) is 2. The molecule has 1 heterocycles. The van der Waals surface area contributed by atoms with E-state index in [1.807, 2.05) is 6.92 Å². The number of nitrogens with one attached hydrogen (secondary N) is 2. The molecule has 0 aliphatic rings. The van der Waals surface area contributed by atoms with E-state index in [9.17, 15) is 8.78 Å². The first-order valence-electron chi connectivity index (χ1n) is 5.45. The molecule has 3 nitrogen and oxygen atoms in total. The summed E-state index contributed by atoms with van der Waals surface area (Å²) in [5.41, 5.74) is 0.838. The van der Waals surface area contributed by atoms with Crippen LogP contribution in [0.5, 0.6) is 0 Å². The molecule has 2 aromatic rings. The maximum Gasteiger partial charge on any atom is 0.148 e. The van der Waals surface area contributed by atoms with Crippen LogP contribution in [0.2, 0.25) is 0 Å². The molecule has 2 N–H and O–H groups in total. The number of benzene rings is 1. The van der Waals surface area contributed by atoms with Crippen molar-refractivity contribution in [2.45, 2.75) is 13.3 Å². The van der Waals surface area contributed by atoms with E-state index in [4.69, 9.17) is 0 Å². The Kier molecular flexibility index (Phi) is 3.37. The fourth-order valence-electron chi connectivity index (χ4n) is 1.51. The third-order valence-corrected chi connectivity index (χ3v) is 2.36. The topological polar surface area (TPSA) is 40.7 Å². The van der Waals surface area contributed by atoms with Crippen molar-refractivity contribution in [1.82, 2.24) is 10.2 Å². The van der Waals surface area contributed by atoms with E-state index >= 15 is 0 Å². The zero-order chi connectivity index (χ0) is 12.3. The van der Waals surface area contributed by atoms with Crippen LogP contribution in [-0.2, 0) is 0 Å². The van der Waals surface area contributed by atoms with Gasteiger partial charge in [0.2, 0.25) is 0 Å². The maximum atomic E-state index is 13.5. The minimum absolute atomic E-state index is 0.309. The number of aromatic amines is 1. The van der Waals surface area contributed by atoms with Crippen molar-refractivity contribution in [3.63, 3.8) is 0 Å². The Balaban J connectivity index is 2.24. The number of rotatable bonds is 4. The number of anilines is 1. The second-order valence-electron chi connectivity index (χ2n) is 3.72. The second kappa shape index (κ2) is 4.95. The molecule has 1 aromatic carbocycles. The summed E-state index contributed by atoms with van der Waals surface area (Å²) < 4.78 is 26.2. The van der Waals surface area contributed by atoms with Crippen LogP contribution < -0.4 is 5.32 Å². The van der Waals surface area contributed by atoms with Gasteiger partial charge in [0.05, 0.1) is 5.69 Å². The predicted molar refractivity (Wildman–Crippen MR) is 62.7 cm³/mol. The van der Waals surface area contributed by atoms with Crippen LogP contribution in [0.15, 0.2) is 24.3 Å². The quantitative estimate of drug-likeness (QED) is 0.857. The van der Waals surface area contributed by atoms with E-state index in [-0.39, 0.29) is 0 Å². The molecule has 1 aromatic heterocycles. The van der Waals surface area contributed by atoms with Crippen molar-refractivity contribution >= 4 is 5.82 Å². The van der Waals surface area contributed by atoms with Crippen molar-refractivity contribution in [3.8, 4) is 11.3 Å². The van der Waals surface area contributed by atoms with Gasteiger partial charge >= 0.3 is 0 Å². The molecule has 5 heteroatoms. The van der Waals surface area contributed by atoms with Gasteiger partial charge in [0.1, 0.15) is 17.5 Å². The largest absolute Gasteiger partial charge is 0.369 e. The molecule has 0 amide bonds. The number of hydrogen-bond donors (Lipinski definition) is 2. The Hall–Kier alpha value is -1.91. The molecule has 0 fully saturated rings. The van der Waals surface area contributed by atoms with Gasteiger partial charge in [0.25, 0.3) is 0 Å². The molecule has 90 valence electrons. The summed E-state index contributed by atoms with van der Waals surface area (Å²) in [6.07, 6.45) is 0.979. The molecular weight excluding hydrogens is 224 g/mol. The molecule has 0 aliphatic carbocycles. The minimum atomic E-state index is -0.601. The Labute approximate surface area is 97.9 Å². The summed E-state index contributed by atoms with van der Waals surface area (Å²) in [7, 11) is 0. The Morgan fingerprint density at radius 1 is 1.29 bits per heavy atom. The third kappa shape index (κ3) is 2.61. The SMILES string of the molecule is CCCNc1cc(-c2ccc(F)cc2F)[nH]n1. The first kappa shape index (κ1) is 11.6. The first-order chi connectivity index (χ1) is 8.20. The normalized spacial score (nSPS) is 10.5. The van der Waals surface area contributed by atoms with Gasteiger partial charge in [-0.15, -0.1) is 0 Å². The molecule has 0 aliphatic heterocycles. The summed E-state index contributed by atoms with van der Waals surface area (Å²) in [6.45, 7) is 2.84. The van der Waals surface area contributed by atoms with Gasteiger partial charge in [-0.2, -0.15) is 5.10 Å². The summed E-state index contributed by atoms with van der Waals surface area (Å²) >= 11 is 0. The highest BCUT2D eigenvalue weighted by Crippen LogP contribution is 2.23. The van der Waals surface area contributed by atoms with Gasteiger partial charge < -0.3 is 5.32 Å². The van der Waals surface area contributed by atoms with Crippen molar-refractivity contribution in [3.05, 3.63) is 35.9 Å². The highest BCUT2D eigenvalue weighted by molar-refractivity contribution is 5.63. The lowest BCUT2D eigenvalue weighted by Crippen LogP contribution is -1.99. The van der Waals surface area contributed by atoms with Gasteiger partial charge in [-0.25, -0.2) is 8.78 Å². The van der Waals surface area contributed by atoms with Crippen LogP contribution in [0, 0.1) is 11.6 Å². The lowest BCUT2D eigenvalue weighted by Gasteiger charge is -1.99. The zero-order valence-corrected chi connectivity index (χ0v) is 9.43. The van der Waals surface area contributed by atoms with Crippen molar-refractivity contribution in [2.75, 3.05) is 11.9 Å². The highest BCUT2D eigenvalue weighted by Gasteiger charge is 2.09. The first-order valence-corrected chi connectivity index (χ1v) is 5.45. The average molecular weight is 237 g/mol. The molecule has 0 bridgehead atoms. The van der Waals surface area contributed by atoms with Gasteiger partial charge in [0.15, 0.2) is 0 Å². The monoisotopic (exact) mass is 237 g/mol.